The summed E-state index contributed by atoms with van der Waals surface area (Å²) in [5, 5.41) is 1.61. The quantitative estimate of drug-likeness (QED) is 0.323. The van der Waals surface area contributed by atoms with E-state index in [1.165, 1.54) is 33.4 Å². The van der Waals surface area contributed by atoms with Crippen LogP contribution in [0.1, 0.15) is 36.1 Å². The summed E-state index contributed by atoms with van der Waals surface area (Å²) in [6.07, 6.45) is 2.22. The molecule has 0 saturated carbocycles. The minimum Gasteiger partial charge on any atom is -1.00 e. The van der Waals surface area contributed by atoms with Crippen molar-refractivity contribution in [3.8, 4) is 11.1 Å². The van der Waals surface area contributed by atoms with Crippen LogP contribution in [0.3, 0.4) is 0 Å². The van der Waals surface area contributed by atoms with Gasteiger partial charge in [-0.3, -0.25) is 0 Å². The van der Waals surface area contributed by atoms with Gasteiger partial charge in [0.1, 0.15) is 0 Å². The van der Waals surface area contributed by atoms with Crippen LogP contribution in [0.5, 0.6) is 0 Å². The van der Waals surface area contributed by atoms with Gasteiger partial charge in [-0.15, -0.1) is 11.1 Å². The third-order valence-corrected chi connectivity index (χ3v) is 12.2. The molecule has 2 atom stereocenters. The van der Waals surface area contributed by atoms with Crippen LogP contribution in [-0.4, -0.2) is 16.1 Å². The van der Waals surface area contributed by atoms with Crippen molar-refractivity contribution in [2.75, 3.05) is 0 Å². The van der Waals surface area contributed by atoms with Crippen molar-refractivity contribution >= 4 is 21.3 Å². The molecule has 2 aromatic rings. The maximum Gasteiger partial charge on any atom is 3.00 e. The van der Waals surface area contributed by atoms with Gasteiger partial charge in [-0.1, -0.05) is 81.6 Å². The Labute approximate surface area is 219 Å². The average Bonchev–Trinajstić information content (AvgIpc) is 2.87. The second-order valence-corrected chi connectivity index (χ2v) is 21.6. The van der Waals surface area contributed by atoms with Crippen LogP contribution in [0.4, 0.5) is 0 Å². The first-order chi connectivity index (χ1) is 12.4. The van der Waals surface area contributed by atoms with E-state index in [1.54, 1.807) is 5.19 Å². The summed E-state index contributed by atoms with van der Waals surface area (Å²) in [6, 6.07) is 13.5. The van der Waals surface area contributed by atoms with Crippen LogP contribution in [-0.2, 0) is 39.0 Å². The van der Waals surface area contributed by atoms with Gasteiger partial charge in [0.15, 0.2) is 0 Å². The molecule has 5 heteroatoms. The van der Waals surface area contributed by atoms with Crippen molar-refractivity contribution in [3.05, 3.63) is 52.6 Å². The maximum atomic E-state index is 3.81. The van der Waals surface area contributed by atoms with E-state index in [0.717, 1.165) is 24.3 Å². The molecule has 1 aliphatic rings. The molecule has 0 bridgehead atoms. The van der Waals surface area contributed by atoms with E-state index in [-0.39, 0.29) is 51.0 Å². The van der Waals surface area contributed by atoms with E-state index in [4.69, 9.17) is 0 Å². The van der Waals surface area contributed by atoms with Gasteiger partial charge in [0, 0.05) is 8.07 Å². The summed E-state index contributed by atoms with van der Waals surface area (Å²) < 4.78 is 0. The summed E-state index contributed by atoms with van der Waals surface area (Å²) in [6.45, 7) is 22.0. The van der Waals surface area contributed by atoms with E-state index < -0.39 is 16.1 Å². The molecule has 2 unspecified atom stereocenters. The normalized spacial score (nSPS) is 14.4. The molecule has 0 amide bonds. The van der Waals surface area contributed by atoms with Crippen molar-refractivity contribution in [1.82, 2.24) is 0 Å². The number of fused-ring (bicyclic) bond motifs is 3. The van der Waals surface area contributed by atoms with Gasteiger partial charge in [0.05, 0.1) is 8.07 Å². The Morgan fingerprint density at radius 2 is 1.53 bits per heavy atom. The van der Waals surface area contributed by atoms with Crippen LogP contribution >= 0.6 is 0 Å². The number of rotatable bonds is 5. The van der Waals surface area contributed by atoms with Crippen molar-refractivity contribution in [3.63, 3.8) is 0 Å². The summed E-state index contributed by atoms with van der Waals surface area (Å²) in [7, 11) is -2.40. The molecule has 30 heavy (non-hydrogen) atoms. The number of hydrogen-bond donors (Lipinski definition) is 0. The summed E-state index contributed by atoms with van der Waals surface area (Å²) in [4.78, 5) is 0. The molecule has 0 N–H and O–H groups in total. The predicted octanol–water partition coefficient (Wildman–Crippen LogP) is 0.824. The van der Waals surface area contributed by atoms with E-state index in [1.807, 2.05) is 0 Å². The third-order valence-electron chi connectivity index (χ3n) is 6.76. The molecule has 0 aliphatic heterocycles. The van der Waals surface area contributed by atoms with Gasteiger partial charge in [0.2, 0.25) is 0 Å². The number of aryl methyl sites for hydroxylation is 1. The first-order valence-corrected chi connectivity index (χ1v) is 17.6. The standard InChI is InChI=1S/C25H37Si2.2ClH.Zr/c1-17(19(3)26(4,5)6)12-20-10-11-23-22(14-20)15-21-13-18(2)25(16-24(21)23)27(7,8)9;;;/h10-11,13,16-17,19H,12,15H2,1-9H3;2*1H;/q-1;;;+3/p-2. The number of benzene rings is 2. The Morgan fingerprint density at radius 3 is 2.07 bits per heavy atom. The minimum atomic E-state index is -1.31. The molecule has 0 saturated heterocycles. The summed E-state index contributed by atoms with van der Waals surface area (Å²) in [5.74, 6) is 0.732. The van der Waals surface area contributed by atoms with E-state index in [9.17, 15) is 0 Å². The Balaban J connectivity index is 0.00000280. The van der Waals surface area contributed by atoms with Crippen LogP contribution in [0, 0.1) is 18.9 Å². The zero-order chi connectivity index (χ0) is 20.1. The molecule has 0 aromatic heterocycles. The fraction of sp³-hybridized carbons (Fsp3) is 0.520. The van der Waals surface area contributed by atoms with Crippen LogP contribution < -0.4 is 30.0 Å². The predicted molar refractivity (Wildman–Crippen MR) is 127 cm³/mol. The second kappa shape index (κ2) is 11.0. The number of halogens is 2. The monoisotopic (exact) mass is 553 g/mol. The molecule has 1 aliphatic carbocycles. The SMILES string of the molecule is Cc1cc2c(cc1[Si](C)(C)C)-c1ccc(CC(C)C(C)[Si](C)(C)C)[c-]c1C2.[Cl-].[Cl-].[Zr+3]. The van der Waals surface area contributed by atoms with Gasteiger partial charge in [-0.05, 0) is 36.8 Å². The van der Waals surface area contributed by atoms with Gasteiger partial charge in [0.25, 0.3) is 0 Å². The molecule has 1 radical (unpaired) electrons. The smallest absolute Gasteiger partial charge is 1.00 e. The Hall–Kier alpha value is 0.337. The number of hydrogen-bond acceptors (Lipinski definition) is 0. The fourth-order valence-electron chi connectivity index (χ4n) is 4.64. The average molecular weight is 556 g/mol. The van der Waals surface area contributed by atoms with Gasteiger partial charge >= 0.3 is 26.2 Å². The fourth-order valence-corrected chi connectivity index (χ4v) is 8.30. The molecule has 3 rings (SSSR count). The van der Waals surface area contributed by atoms with Crippen LogP contribution in [0.15, 0.2) is 24.3 Å². The molecule has 2 aromatic carbocycles. The molecule has 0 nitrogen and oxygen atoms in total. The molecular formula is C25H37Cl2Si2Zr. The Kier molecular flexibility index (Phi) is 11.1. The van der Waals surface area contributed by atoms with Gasteiger partial charge in [-0.25, -0.2) is 0 Å². The zero-order valence-corrected chi connectivity index (χ0v) is 26.1. The molecule has 0 heterocycles. The minimum absolute atomic E-state index is 0. The van der Waals surface area contributed by atoms with Gasteiger partial charge < -0.3 is 24.8 Å². The van der Waals surface area contributed by atoms with E-state index >= 15 is 0 Å². The van der Waals surface area contributed by atoms with E-state index in [2.05, 4.69) is 90.4 Å². The molecule has 0 spiro atoms. The van der Waals surface area contributed by atoms with Crippen LogP contribution in [0.25, 0.3) is 11.1 Å². The van der Waals surface area contributed by atoms with Crippen molar-refractivity contribution in [1.29, 1.82) is 0 Å². The summed E-state index contributed by atoms with van der Waals surface area (Å²) >= 11 is 0. The van der Waals surface area contributed by atoms with Crippen LogP contribution in [0.2, 0.25) is 44.8 Å². The first-order valence-electron chi connectivity index (χ1n) is 10.6. The van der Waals surface area contributed by atoms with Crippen molar-refractivity contribution in [2.24, 2.45) is 5.92 Å². The molecular weight excluding hydrogens is 519 g/mol. The zero-order valence-electron chi connectivity index (χ0n) is 20.1. The van der Waals surface area contributed by atoms with E-state index in [0.29, 0.717) is 0 Å². The molecule has 0 fully saturated rings. The topological polar surface area (TPSA) is 0 Å². The largest absolute Gasteiger partial charge is 3.00 e. The first kappa shape index (κ1) is 30.3. The van der Waals surface area contributed by atoms with Gasteiger partial charge in [-0.2, -0.15) is 23.8 Å². The molecule has 163 valence electrons. The Bertz CT molecular complexity index is 867. The second-order valence-electron chi connectivity index (χ2n) is 11.0. The maximum absolute atomic E-state index is 3.81. The van der Waals surface area contributed by atoms with Crippen molar-refractivity contribution in [2.45, 2.75) is 78.4 Å². The Morgan fingerprint density at radius 1 is 0.933 bits per heavy atom. The summed E-state index contributed by atoms with van der Waals surface area (Å²) in [5.41, 5.74) is 9.54. The van der Waals surface area contributed by atoms with Crippen molar-refractivity contribution < 1.29 is 51.0 Å². The third kappa shape index (κ3) is 6.44.